The molecule has 0 spiro atoms. The van der Waals surface area contributed by atoms with Crippen molar-refractivity contribution in [1.82, 2.24) is 0 Å². The summed E-state index contributed by atoms with van der Waals surface area (Å²) in [5.41, 5.74) is 0. The molecule has 0 N–H and O–H groups in total. The predicted octanol–water partition coefficient (Wildman–Crippen LogP) is 2.79. The van der Waals surface area contributed by atoms with Crippen LogP contribution in [0.2, 0.25) is 0 Å². The lowest BCUT2D eigenvalue weighted by Crippen LogP contribution is -2.10. The van der Waals surface area contributed by atoms with Gasteiger partial charge in [-0.15, -0.1) is 0 Å². The Bertz CT molecular complexity index is 107. The molecular formula is C7H12S2. The highest BCUT2D eigenvalue weighted by molar-refractivity contribution is 7.81. The predicted molar refractivity (Wildman–Crippen MR) is 50.3 cm³/mol. The number of rotatable bonds is 4. The highest BCUT2D eigenvalue weighted by Crippen LogP contribution is 2.05. The lowest BCUT2D eigenvalue weighted by molar-refractivity contribution is 0.876. The quantitative estimate of drug-likeness (QED) is 0.580. The van der Waals surface area contributed by atoms with Gasteiger partial charge in [0.05, 0.1) is 0 Å². The molecule has 0 aliphatic heterocycles. The van der Waals surface area contributed by atoms with Crippen LogP contribution < -0.4 is 0 Å². The molecule has 0 radical (unpaired) electrons. The van der Waals surface area contributed by atoms with E-state index in [0.29, 0.717) is 5.92 Å². The average Bonchev–Trinajstić information content (AvgIpc) is 1.90. The second kappa shape index (κ2) is 5.00. The van der Waals surface area contributed by atoms with E-state index < -0.39 is 0 Å². The van der Waals surface area contributed by atoms with Crippen LogP contribution in [0.4, 0.5) is 0 Å². The summed E-state index contributed by atoms with van der Waals surface area (Å²) in [5, 5.41) is 1.77. The molecule has 0 saturated carbocycles. The minimum atomic E-state index is 0.389. The topological polar surface area (TPSA) is 0 Å². The molecule has 0 aromatic rings. The van der Waals surface area contributed by atoms with Crippen molar-refractivity contribution in [3.05, 3.63) is 0 Å². The summed E-state index contributed by atoms with van der Waals surface area (Å²) in [6.45, 7) is 4.18. The van der Waals surface area contributed by atoms with E-state index in [4.69, 9.17) is 24.4 Å². The molecule has 1 atom stereocenters. The summed E-state index contributed by atoms with van der Waals surface area (Å²) in [5.74, 6) is 0.389. The van der Waals surface area contributed by atoms with Gasteiger partial charge in [0, 0.05) is 10.8 Å². The number of hydrogen-bond donors (Lipinski definition) is 0. The zero-order valence-electron chi connectivity index (χ0n) is 5.89. The Morgan fingerprint density at radius 1 is 1.56 bits per heavy atom. The highest BCUT2D eigenvalue weighted by atomic mass is 32.1. The molecule has 0 rings (SSSR count). The van der Waals surface area contributed by atoms with E-state index in [2.05, 4.69) is 13.8 Å². The van der Waals surface area contributed by atoms with Crippen molar-refractivity contribution in [2.45, 2.75) is 26.7 Å². The van der Waals surface area contributed by atoms with Crippen molar-refractivity contribution < 1.29 is 0 Å². The zero-order chi connectivity index (χ0) is 7.28. The van der Waals surface area contributed by atoms with E-state index in [1.165, 1.54) is 0 Å². The Morgan fingerprint density at radius 2 is 2.11 bits per heavy atom. The molecule has 2 heteroatoms. The molecule has 0 saturated heterocycles. The summed E-state index contributed by atoms with van der Waals surface area (Å²) in [4.78, 5) is 1.09. The fraction of sp³-hybridized carbons (Fsp3) is 0.714. The summed E-state index contributed by atoms with van der Waals surface area (Å²) < 4.78 is 0. The summed E-state index contributed by atoms with van der Waals surface area (Å²) in [6, 6.07) is 0. The SMILES string of the molecule is CCC(=S)C(C=S)CC. The largest absolute Gasteiger partial charge is 0.0928 e. The minimum Gasteiger partial charge on any atom is -0.0928 e. The lowest BCUT2D eigenvalue weighted by Gasteiger charge is -2.06. The van der Waals surface area contributed by atoms with Crippen LogP contribution in [0.3, 0.4) is 0 Å². The maximum absolute atomic E-state index is 5.08. The zero-order valence-corrected chi connectivity index (χ0v) is 7.52. The van der Waals surface area contributed by atoms with Gasteiger partial charge in [0.15, 0.2) is 0 Å². The Kier molecular flexibility index (Phi) is 5.10. The van der Waals surface area contributed by atoms with E-state index in [9.17, 15) is 0 Å². The van der Waals surface area contributed by atoms with Crippen molar-refractivity contribution in [3.63, 3.8) is 0 Å². The van der Waals surface area contributed by atoms with Gasteiger partial charge in [-0.1, -0.05) is 38.3 Å². The van der Waals surface area contributed by atoms with Crippen LogP contribution in [0.25, 0.3) is 0 Å². The van der Waals surface area contributed by atoms with Crippen LogP contribution in [0, 0.1) is 5.92 Å². The molecule has 0 nitrogen and oxygen atoms in total. The standard InChI is InChI=1S/C7H12S2/c1-3-6(5-8)7(9)4-2/h5-6H,3-4H2,1-2H3. The van der Waals surface area contributed by atoms with Gasteiger partial charge >= 0.3 is 0 Å². The van der Waals surface area contributed by atoms with Gasteiger partial charge in [-0.05, 0) is 18.2 Å². The third-order valence-corrected chi connectivity index (χ3v) is 2.29. The first-order chi connectivity index (χ1) is 4.26. The molecular weight excluding hydrogens is 148 g/mol. The summed E-state index contributed by atoms with van der Waals surface area (Å²) >= 11 is 9.88. The molecule has 0 bridgehead atoms. The van der Waals surface area contributed by atoms with Crippen LogP contribution in [0.5, 0.6) is 0 Å². The first-order valence-corrected chi connectivity index (χ1v) is 4.12. The van der Waals surface area contributed by atoms with Crippen LogP contribution in [0.1, 0.15) is 26.7 Å². The third-order valence-electron chi connectivity index (χ3n) is 1.37. The smallest absolute Gasteiger partial charge is 0.0184 e. The molecule has 0 amide bonds. The second-order valence-corrected chi connectivity index (χ2v) is 2.77. The summed E-state index contributed by atoms with van der Waals surface area (Å²) in [7, 11) is 0. The monoisotopic (exact) mass is 160 g/mol. The van der Waals surface area contributed by atoms with E-state index in [1.807, 2.05) is 0 Å². The normalized spacial score (nSPS) is 12.7. The average molecular weight is 160 g/mol. The number of hydrogen-bond acceptors (Lipinski definition) is 2. The maximum atomic E-state index is 5.08. The van der Waals surface area contributed by atoms with Crippen LogP contribution in [0.15, 0.2) is 0 Å². The first-order valence-electron chi connectivity index (χ1n) is 3.24. The molecule has 0 fully saturated rings. The Morgan fingerprint density at radius 3 is 2.22 bits per heavy atom. The van der Waals surface area contributed by atoms with Crippen molar-refractivity contribution in [2.75, 3.05) is 0 Å². The van der Waals surface area contributed by atoms with Crippen LogP contribution in [-0.4, -0.2) is 10.2 Å². The van der Waals surface area contributed by atoms with E-state index >= 15 is 0 Å². The summed E-state index contributed by atoms with van der Waals surface area (Å²) in [6.07, 6.45) is 2.02. The van der Waals surface area contributed by atoms with Crippen molar-refractivity contribution >= 4 is 34.7 Å². The first kappa shape index (κ1) is 9.18. The Labute approximate surface area is 67.6 Å². The molecule has 0 heterocycles. The van der Waals surface area contributed by atoms with Gasteiger partial charge in [0.2, 0.25) is 0 Å². The van der Waals surface area contributed by atoms with Crippen molar-refractivity contribution in [3.8, 4) is 0 Å². The second-order valence-electron chi connectivity index (χ2n) is 1.97. The van der Waals surface area contributed by atoms with Gasteiger partial charge in [-0.3, -0.25) is 0 Å². The Balaban J connectivity index is 3.78. The van der Waals surface area contributed by atoms with Crippen LogP contribution in [-0.2, 0) is 0 Å². The van der Waals surface area contributed by atoms with Gasteiger partial charge < -0.3 is 0 Å². The maximum Gasteiger partial charge on any atom is 0.0184 e. The van der Waals surface area contributed by atoms with Gasteiger partial charge in [0.25, 0.3) is 0 Å². The van der Waals surface area contributed by atoms with Gasteiger partial charge in [-0.25, -0.2) is 0 Å². The highest BCUT2D eigenvalue weighted by Gasteiger charge is 2.04. The fourth-order valence-corrected chi connectivity index (χ4v) is 1.34. The van der Waals surface area contributed by atoms with Crippen molar-refractivity contribution in [1.29, 1.82) is 0 Å². The molecule has 0 aromatic carbocycles. The number of thiocarbonyl (C=S) groups is 2. The van der Waals surface area contributed by atoms with Crippen molar-refractivity contribution in [2.24, 2.45) is 5.92 Å². The van der Waals surface area contributed by atoms with E-state index in [1.54, 1.807) is 5.37 Å². The molecule has 0 aromatic heterocycles. The lowest BCUT2D eigenvalue weighted by atomic mass is 10.0. The fourth-order valence-electron chi connectivity index (χ4n) is 0.662. The Hall–Kier alpha value is 0.180. The minimum absolute atomic E-state index is 0.389. The molecule has 0 aliphatic rings. The molecule has 1 unspecified atom stereocenters. The molecule has 0 aliphatic carbocycles. The van der Waals surface area contributed by atoms with Gasteiger partial charge in [0.1, 0.15) is 0 Å². The van der Waals surface area contributed by atoms with E-state index in [-0.39, 0.29) is 0 Å². The van der Waals surface area contributed by atoms with Gasteiger partial charge in [-0.2, -0.15) is 0 Å². The molecule has 52 valence electrons. The van der Waals surface area contributed by atoms with Crippen LogP contribution >= 0.6 is 24.4 Å². The third kappa shape index (κ3) is 3.01. The van der Waals surface area contributed by atoms with E-state index in [0.717, 1.165) is 17.7 Å². The molecule has 9 heavy (non-hydrogen) atoms.